The average Bonchev–Trinajstić information content (AvgIpc) is 2.67. The van der Waals surface area contributed by atoms with E-state index in [0.717, 1.165) is 5.01 Å². The van der Waals surface area contributed by atoms with Crippen LogP contribution in [-0.2, 0) is 6.42 Å². The molecule has 0 radical (unpaired) electrons. The number of hydrogen-bond acceptors (Lipinski definition) is 5. The first-order chi connectivity index (χ1) is 7.17. The summed E-state index contributed by atoms with van der Waals surface area (Å²) >= 11 is 1.42. The van der Waals surface area contributed by atoms with Crippen LogP contribution in [0.1, 0.15) is 22.4 Å². The average molecular weight is 229 g/mol. The number of nitrogens with two attached hydrogens (primary N) is 1. The second kappa shape index (κ2) is 5.79. The van der Waals surface area contributed by atoms with E-state index < -0.39 is 0 Å². The highest BCUT2D eigenvalue weighted by atomic mass is 32.1. The minimum Gasteiger partial charge on any atom is -0.394 e. The molecule has 1 amide bonds. The maximum Gasteiger partial charge on any atom is 0.271 e. The van der Waals surface area contributed by atoms with Crippen LogP contribution in [0, 0.1) is 0 Å². The first-order valence-electron chi connectivity index (χ1n) is 4.73. The van der Waals surface area contributed by atoms with Gasteiger partial charge in [-0.2, -0.15) is 0 Å². The molecule has 0 spiro atoms. The van der Waals surface area contributed by atoms with Crippen LogP contribution in [-0.4, -0.2) is 35.2 Å². The Labute approximate surface area is 92.3 Å². The largest absolute Gasteiger partial charge is 0.394 e. The number of aliphatic hydroxyl groups is 1. The van der Waals surface area contributed by atoms with Gasteiger partial charge in [0.1, 0.15) is 5.69 Å². The Morgan fingerprint density at radius 2 is 2.53 bits per heavy atom. The smallest absolute Gasteiger partial charge is 0.271 e. The molecule has 0 fully saturated rings. The third-order valence-corrected chi connectivity index (χ3v) is 2.70. The molecular weight excluding hydrogens is 214 g/mol. The van der Waals surface area contributed by atoms with Crippen LogP contribution >= 0.6 is 11.3 Å². The Morgan fingerprint density at radius 1 is 1.80 bits per heavy atom. The highest BCUT2D eigenvalue weighted by Gasteiger charge is 2.12. The SMILES string of the molecule is CC(CO)NC(=O)c1csc(CCN)n1. The molecule has 0 aliphatic carbocycles. The molecule has 0 aliphatic heterocycles. The quantitative estimate of drug-likeness (QED) is 0.650. The monoisotopic (exact) mass is 229 g/mol. The van der Waals surface area contributed by atoms with Gasteiger partial charge in [-0.25, -0.2) is 4.98 Å². The lowest BCUT2D eigenvalue weighted by Gasteiger charge is -2.08. The Hall–Kier alpha value is -0.980. The summed E-state index contributed by atoms with van der Waals surface area (Å²) in [5.41, 5.74) is 5.77. The van der Waals surface area contributed by atoms with Crippen molar-refractivity contribution in [3.63, 3.8) is 0 Å². The zero-order valence-corrected chi connectivity index (χ0v) is 9.38. The number of carbonyl (C=O) groups excluding carboxylic acids is 1. The molecule has 0 saturated heterocycles. The third-order valence-electron chi connectivity index (χ3n) is 1.79. The summed E-state index contributed by atoms with van der Waals surface area (Å²) in [4.78, 5) is 15.7. The molecule has 1 aromatic heterocycles. The van der Waals surface area contributed by atoms with E-state index in [9.17, 15) is 4.79 Å². The van der Waals surface area contributed by atoms with E-state index >= 15 is 0 Å². The number of aliphatic hydroxyl groups excluding tert-OH is 1. The number of hydrogen-bond donors (Lipinski definition) is 3. The van der Waals surface area contributed by atoms with Crippen LogP contribution in [0.2, 0.25) is 0 Å². The molecule has 0 saturated carbocycles. The van der Waals surface area contributed by atoms with E-state index in [2.05, 4.69) is 10.3 Å². The van der Waals surface area contributed by atoms with Crippen LogP contribution in [0.15, 0.2) is 5.38 Å². The minimum absolute atomic E-state index is 0.0778. The number of amides is 1. The predicted octanol–water partition coefficient (Wildman–Crippen LogP) is -0.245. The van der Waals surface area contributed by atoms with E-state index in [1.807, 2.05) is 0 Å². The van der Waals surface area contributed by atoms with Crippen LogP contribution in [0.5, 0.6) is 0 Å². The summed E-state index contributed by atoms with van der Waals surface area (Å²) < 4.78 is 0. The normalized spacial score (nSPS) is 12.5. The fraction of sp³-hybridized carbons (Fsp3) is 0.556. The van der Waals surface area contributed by atoms with Gasteiger partial charge in [0.2, 0.25) is 0 Å². The van der Waals surface area contributed by atoms with Crippen LogP contribution in [0.25, 0.3) is 0 Å². The molecule has 1 unspecified atom stereocenters. The molecule has 6 heteroatoms. The van der Waals surface area contributed by atoms with Gasteiger partial charge in [0.05, 0.1) is 11.6 Å². The van der Waals surface area contributed by atoms with Crippen LogP contribution in [0.3, 0.4) is 0 Å². The Balaban J connectivity index is 2.58. The van der Waals surface area contributed by atoms with Gasteiger partial charge in [-0.3, -0.25) is 4.79 Å². The summed E-state index contributed by atoms with van der Waals surface area (Å²) in [6.07, 6.45) is 0.688. The van der Waals surface area contributed by atoms with Crippen molar-refractivity contribution >= 4 is 17.2 Å². The summed E-state index contributed by atoms with van der Waals surface area (Å²) in [7, 11) is 0. The molecule has 0 aliphatic rings. The minimum atomic E-state index is -0.254. The first-order valence-corrected chi connectivity index (χ1v) is 5.61. The first kappa shape index (κ1) is 12.1. The van der Waals surface area contributed by atoms with Gasteiger partial charge < -0.3 is 16.2 Å². The van der Waals surface area contributed by atoms with E-state index in [1.54, 1.807) is 12.3 Å². The Bertz CT molecular complexity index is 327. The second-order valence-electron chi connectivity index (χ2n) is 3.22. The van der Waals surface area contributed by atoms with Crippen molar-refractivity contribution in [3.8, 4) is 0 Å². The lowest BCUT2D eigenvalue weighted by atomic mass is 10.3. The van der Waals surface area contributed by atoms with Crippen LogP contribution in [0.4, 0.5) is 0 Å². The predicted molar refractivity (Wildman–Crippen MR) is 58.9 cm³/mol. The summed E-state index contributed by atoms with van der Waals surface area (Å²) in [5, 5.41) is 14.0. The van der Waals surface area contributed by atoms with E-state index in [-0.39, 0.29) is 18.6 Å². The van der Waals surface area contributed by atoms with Crippen molar-refractivity contribution in [2.45, 2.75) is 19.4 Å². The van der Waals surface area contributed by atoms with E-state index in [4.69, 9.17) is 10.8 Å². The molecule has 5 nitrogen and oxygen atoms in total. The standard InChI is InChI=1S/C9H15N3O2S/c1-6(4-13)11-9(14)7-5-15-8(12-7)2-3-10/h5-6,13H,2-4,10H2,1H3,(H,11,14). The van der Waals surface area contributed by atoms with Crippen molar-refractivity contribution in [3.05, 3.63) is 16.1 Å². The van der Waals surface area contributed by atoms with Crippen molar-refractivity contribution in [1.29, 1.82) is 0 Å². The molecule has 0 aromatic carbocycles. The van der Waals surface area contributed by atoms with Gasteiger partial charge in [0.15, 0.2) is 0 Å². The molecule has 4 N–H and O–H groups in total. The number of nitrogens with one attached hydrogen (secondary N) is 1. The third kappa shape index (κ3) is 3.58. The summed E-state index contributed by atoms with van der Waals surface area (Å²) in [6, 6.07) is -0.253. The molecule has 1 heterocycles. The topological polar surface area (TPSA) is 88.2 Å². The zero-order chi connectivity index (χ0) is 11.3. The number of carbonyl (C=O) groups is 1. The molecule has 0 bridgehead atoms. The highest BCUT2D eigenvalue weighted by molar-refractivity contribution is 7.09. The summed E-state index contributed by atoms with van der Waals surface area (Å²) in [6.45, 7) is 2.18. The van der Waals surface area contributed by atoms with Crippen molar-refractivity contribution in [2.24, 2.45) is 5.73 Å². The maximum absolute atomic E-state index is 11.5. The zero-order valence-electron chi connectivity index (χ0n) is 8.56. The van der Waals surface area contributed by atoms with Gasteiger partial charge in [0, 0.05) is 17.8 Å². The van der Waals surface area contributed by atoms with Crippen LogP contribution < -0.4 is 11.1 Å². The molecule has 1 aromatic rings. The Kier molecular flexibility index (Phi) is 4.67. The Morgan fingerprint density at radius 3 is 3.13 bits per heavy atom. The second-order valence-corrected chi connectivity index (χ2v) is 4.16. The van der Waals surface area contributed by atoms with Gasteiger partial charge in [-0.1, -0.05) is 0 Å². The van der Waals surface area contributed by atoms with Crippen molar-refractivity contribution in [1.82, 2.24) is 10.3 Å². The molecule has 84 valence electrons. The fourth-order valence-corrected chi connectivity index (χ4v) is 1.79. The van der Waals surface area contributed by atoms with E-state index in [0.29, 0.717) is 18.7 Å². The number of rotatable bonds is 5. The van der Waals surface area contributed by atoms with Crippen molar-refractivity contribution in [2.75, 3.05) is 13.2 Å². The number of nitrogens with zero attached hydrogens (tertiary/aromatic N) is 1. The van der Waals surface area contributed by atoms with Crippen molar-refractivity contribution < 1.29 is 9.90 Å². The number of thiazole rings is 1. The molecule has 1 rings (SSSR count). The number of aromatic nitrogens is 1. The lowest BCUT2D eigenvalue weighted by molar-refractivity contribution is 0.0918. The van der Waals surface area contributed by atoms with E-state index in [1.165, 1.54) is 11.3 Å². The summed E-state index contributed by atoms with van der Waals surface area (Å²) in [5.74, 6) is -0.254. The molecular formula is C9H15N3O2S. The highest BCUT2D eigenvalue weighted by Crippen LogP contribution is 2.09. The van der Waals surface area contributed by atoms with Gasteiger partial charge in [-0.05, 0) is 13.5 Å². The lowest BCUT2D eigenvalue weighted by Crippen LogP contribution is -2.35. The molecule has 1 atom stereocenters. The maximum atomic E-state index is 11.5. The van der Waals surface area contributed by atoms with Gasteiger partial charge in [0.25, 0.3) is 5.91 Å². The molecule has 15 heavy (non-hydrogen) atoms. The van der Waals surface area contributed by atoms with Gasteiger partial charge >= 0.3 is 0 Å². The van der Waals surface area contributed by atoms with Gasteiger partial charge in [-0.15, -0.1) is 11.3 Å². The fourth-order valence-electron chi connectivity index (χ4n) is 0.997.